The van der Waals surface area contributed by atoms with Gasteiger partial charge in [-0.2, -0.15) is 11.8 Å². The molecule has 1 aromatic heterocycles. The van der Waals surface area contributed by atoms with E-state index in [2.05, 4.69) is 10.3 Å². The van der Waals surface area contributed by atoms with Crippen LogP contribution in [0.1, 0.15) is 10.5 Å². The average Bonchev–Trinajstić information content (AvgIpc) is 2.20. The standard InChI is InChI=1S/C9H14N4OS/c1-15-5-4-12-9-6(10)2-3-7(13-9)8(11)14/h2-3H,4-5,10H2,1H3,(H2,11,14)(H,12,13). The van der Waals surface area contributed by atoms with E-state index >= 15 is 0 Å². The van der Waals surface area contributed by atoms with Crippen molar-refractivity contribution >= 4 is 29.2 Å². The Bertz CT molecular complexity index is 356. The first kappa shape index (κ1) is 11.6. The van der Waals surface area contributed by atoms with Crippen molar-refractivity contribution in [2.75, 3.05) is 29.6 Å². The summed E-state index contributed by atoms with van der Waals surface area (Å²) in [6.45, 7) is 0.751. The van der Waals surface area contributed by atoms with E-state index in [1.807, 2.05) is 6.26 Å². The summed E-state index contributed by atoms with van der Waals surface area (Å²) in [7, 11) is 0. The van der Waals surface area contributed by atoms with Crippen molar-refractivity contribution < 1.29 is 4.79 Å². The molecule has 0 saturated carbocycles. The maximum atomic E-state index is 10.9. The fourth-order valence-corrected chi connectivity index (χ4v) is 1.33. The Morgan fingerprint density at radius 2 is 2.33 bits per heavy atom. The Labute approximate surface area is 92.6 Å². The van der Waals surface area contributed by atoms with Gasteiger partial charge in [0.2, 0.25) is 0 Å². The fourth-order valence-electron chi connectivity index (χ4n) is 1.02. The number of nitrogens with one attached hydrogen (secondary N) is 1. The highest BCUT2D eigenvalue weighted by Gasteiger charge is 2.06. The van der Waals surface area contributed by atoms with Crippen LogP contribution in [-0.2, 0) is 0 Å². The minimum absolute atomic E-state index is 0.218. The van der Waals surface area contributed by atoms with Crippen LogP contribution in [0.2, 0.25) is 0 Å². The number of amides is 1. The largest absolute Gasteiger partial charge is 0.396 e. The van der Waals surface area contributed by atoms with E-state index in [-0.39, 0.29) is 5.69 Å². The number of hydrogen-bond donors (Lipinski definition) is 3. The maximum absolute atomic E-state index is 10.9. The lowest BCUT2D eigenvalue weighted by Gasteiger charge is -2.08. The van der Waals surface area contributed by atoms with E-state index in [4.69, 9.17) is 11.5 Å². The number of nitrogen functional groups attached to an aromatic ring is 1. The van der Waals surface area contributed by atoms with Crippen LogP contribution >= 0.6 is 11.8 Å². The quantitative estimate of drug-likeness (QED) is 0.637. The Hall–Kier alpha value is -1.43. The number of nitrogens with zero attached hydrogens (tertiary/aromatic N) is 1. The molecule has 0 spiro atoms. The van der Waals surface area contributed by atoms with Crippen molar-refractivity contribution in [3.05, 3.63) is 17.8 Å². The van der Waals surface area contributed by atoms with Gasteiger partial charge >= 0.3 is 0 Å². The molecule has 0 unspecified atom stereocenters. The first-order chi connectivity index (χ1) is 7.15. The van der Waals surface area contributed by atoms with Gasteiger partial charge in [0.15, 0.2) is 0 Å². The summed E-state index contributed by atoms with van der Waals surface area (Å²) in [6.07, 6.45) is 2.01. The number of primary amides is 1. The van der Waals surface area contributed by atoms with E-state index in [1.54, 1.807) is 17.8 Å². The van der Waals surface area contributed by atoms with Crippen LogP contribution in [0.4, 0.5) is 11.5 Å². The van der Waals surface area contributed by atoms with Crippen LogP contribution in [0.15, 0.2) is 12.1 Å². The minimum atomic E-state index is -0.553. The molecule has 5 N–H and O–H groups in total. The lowest BCUT2D eigenvalue weighted by molar-refractivity contribution is 0.0996. The second-order valence-electron chi connectivity index (χ2n) is 2.92. The molecule has 0 radical (unpaired) electrons. The highest BCUT2D eigenvalue weighted by Crippen LogP contribution is 2.15. The Kier molecular flexibility index (Phi) is 4.23. The SMILES string of the molecule is CSCCNc1nc(C(N)=O)ccc1N. The molecule has 82 valence electrons. The van der Waals surface area contributed by atoms with Gasteiger partial charge in [0.25, 0.3) is 5.91 Å². The van der Waals surface area contributed by atoms with Crippen LogP contribution in [0.5, 0.6) is 0 Å². The van der Waals surface area contributed by atoms with E-state index < -0.39 is 5.91 Å². The predicted molar refractivity (Wildman–Crippen MR) is 64.0 cm³/mol. The molecule has 0 aliphatic carbocycles. The Morgan fingerprint density at radius 1 is 1.60 bits per heavy atom. The number of aromatic nitrogens is 1. The van der Waals surface area contributed by atoms with Crippen molar-refractivity contribution in [3.8, 4) is 0 Å². The molecule has 0 saturated heterocycles. The first-order valence-corrected chi connectivity index (χ1v) is 5.83. The number of rotatable bonds is 5. The van der Waals surface area contributed by atoms with Crippen molar-refractivity contribution in [1.29, 1.82) is 0 Å². The zero-order chi connectivity index (χ0) is 11.3. The maximum Gasteiger partial charge on any atom is 0.267 e. The van der Waals surface area contributed by atoms with Gasteiger partial charge in [-0.1, -0.05) is 0 Å². The van der Waals surface area contributed by atoms with Crippen molar-refractivity contribution in [2.45, 2.75) is 0 Å². The zero-order valence-corrected chi connectivity index (χ0v) is 9.30. The van der Waals surface area contributed by atoms with Crippen LogP contribution in [0.3, 0.4) is 0 Å². The van der Waals surface area contributed by atoms with Crippen LogP contribution < -0.4 is 16.8 Å². The van der Waals surface area contributed by atoms with Crippen molar-refractivity contribution in [2.24, 2.45) is 5.73 Å². The monoisotopic (exact) mass is 226 g/mol. The molecule has 0 fully saturated rings. The van der Waals surface area contributed by atoms with Gasteiger partial charge in [-0.25, -0.2) is 4.98 Å². The normalized spacial score (nSPS) is 9.93. The molecule has 0 aromatic carbocycles. The third-order valence-corrected chi connectivity index (χ3v) is 2.39. The summed E-state index contributed by atoms with van der Waals surface area (Å²) >= 11 is 1.71. The molecule has 1 rings (SSSR count). The molecule has 6 heteroatoms. The van der Waals surface area contributed by atoms with Gasteiger partial charge < -0.3 is 16.8 Å². The average molecular weight is 226 g/mol. The summed E-state index contributed by atoms with van der Waals surface area (Å²) in [6, 6.07) is 3.13. The van der Waals surface area contributed by atoms with Crippen molar-refractivity contribution in [3.63, 3.8) is 0 Å². The summed E-state index contributed by atoms with van der Waals surface area (Å²) in [5, 5.41) is 3.04. The number of carbonyl (C=O) groups is 1. The third-order valence-electron chi connectivity index (χ3n) is 1.78. The van der Waals surface area contributed by atoms with E-state index in [1.165, 1.54) is 6.07 Å². The third kappa shape index (κ3) is 3.32. The number of thioether (sulfide) groups is 1. The predicted octanol–water partition coefficient (Wildman–Crippen LogP) is 0.538. The number of carbonyl (C=O) groups excluding carboxylic acids is 1. The van der Waals surface area contributed by atoms with Gasteiger partial charge in [-0.05, 0) is 18.4 Å². The highest BCUT2D eigenvalue weighted by molar-refractivity contribution is 7.98. The summed E-state index contributed by atoms with van der Waals surface area (Å²) in [4.78, 5) is 14.9. The topological polar surface area (TPSA) is 94.0 Å². The van der Waals surface area contributed by atoms with Gasteiger partial charge in [-0.3, -0.25) is 4.79 Å². The first-order valence-electron chi connectivity index (χ1n) is 4.44. The highest BCUT2D eigenvalue weighted by atomic mass is 32.2. The molecule has 1 heterocycles. The Morgan fingerprint density at radius 3 is 2.93 bits per heavy atom. The van der Waals surface area contributed by atoms with Crippen molar-refractivity contribution in [1.82, 2.24) is 4.98 Å². The van der Waals surface area contributed by atoms with E-state index in [9.17, 15) is 4.79 Å². The molecular weight excluding hydrogens is 212 g/mol. The fraction of sp³-hybridized carbons (Fsp3) is 0.333. The number of pyridine rings is 1. The lowest BCUT2D eigenvalue weighted by atomic mass is 10.3. The van der Waals surface area contributed by atoms with Crippen LogP contribution in [0, 0.1) is 0 Å². The van der Waals surface area contributed by atoms with Crippen LogP contribution in [-0.4, -0.2) is 29.4 Å². The number of nitrogens with two attached hydrogens (primary N) is 2. The molecule has 5 nitrogen and oxygen atoms in total. The molecule has 0 bridgehead atoms. The van der Waals surface area contributed by atoms with Crippen LogP contribution in [0.25, 0.3) is 0 Å². The minimum Gasteiger partial charge on any atom is -0.396 e. The molecule has 1 amide bonds. The van der Waals surface area contributed by atoms with Gasteiger partial charge in [0, 0.05) is 12.3 Å². The molecule has 0 aliphatic heterocycles. The second kappa shape index (κ2) is 5.45. The second-order valence-corrected chi connectivity index (χ2v) is 3.90. The molecule has 0 atom stereocenters. The summed E-state index contributed by atoms with van der Waals surface area (Å²) in [5.74, 6) is 0.908. The molecule has 1 aromatic rings. The molecular formula is C9H14N4OS. The van der Waals surface area contributed by atoms with Gasteiger partial charge in [0.05, 0.1) is 5.69 Å². The smallest absolute Gasteiger partial charge is 0.267 e. The molecule has 0 aliphatic rings. The zero-order valence-electron chi connectivity index (χ0n) is 8.49. The lowest BCUT2D eigenvalue weighted by Crippen LogP contribution is -2.15. The summed E-state index contributed by atoms with van der Waals surface area (Å²) < 4.78 is 0. The molecule has 15 heavy (non-hydrogen) atoms. The van der Waals surface area contributed by atoms with Gasteiger partial charge in [0.1, 0.15) is 11.5 Å². The van der Waals surface area contributed by atoms with E-state index in [0.29, 0.717) is 11.5 Å². The number of anilines is 2. The van der Waals surface area contributed by atoms with E-state index in [0.717, 1.165) is 12.3 Å². The van der Waals surface area contributed by atoms with Gasteiger partial charge in [-0.15, -0.1) is 0 Å². The Balaban J connectivity index is 2.76. The number of hydrogen-bond acceptors (Lipinski definition) is 5. The summed E-state index contributed by atoms with van der Waals surface area (Å²) in [5.41, 5.74) is 11.5.